The van der Waals surface area contributed by atoms with Crippen molar-refractivity contribution in [1.82, 2.24) is 15.5 Å². The minimum Gasteiger partial charge on any atom is -0.352 e. The lowest BCUT2D eigenvalue weighted by Crippen LogP contribution is -2.55. The summed E-state index contributed by atoms with van der Waals surface area (Å²) < 4.78 is 0. The predicted molar refractivity (Wildman–Crippen MR) is 80.2 cm³/mol. The second-order valence-corrected chi connectivity index (χ2v) is 6.22. The first-order chi connectivity index (χ1) is 8.91. The van der Waals surface area contributed by atoms with Crippen molar-refractivity contribution in [3.8, 4) is 0 Å². The second-order valence-electron chi connectivity index (χ2n) is 6.22. The van der Waals surface area contributed by atoms with Gasteiger partial charge in [-0.15, -0.1) is 0 Å². The van der Waals surface area contributed by atoms with Gasteiger partial charge in [-0.2, -0.15) is 0 Å². The van der Waals surface area contributed by atoms with E-state index in [4.69, 9.17) is 0 Å². The molecule has 4 heteroatoms. The highest BCUT2D eigenvalue weighted by molar-refractivity contribution is 5.81. The van der Waals surface area contributed by atoms with Crippen LogP contribution in [0.3, 0.4) is 0 Å². The predicted octanol–water partition coefficient (Wildman–Crippen LogP) is 1.75. The van der Waals surface area contributed by atoms with Crippen molar-refractivity contribution in [1.29, 1.82) is 0 Å². The third kappa shape index (κ3) is 4.77. The molecule has 112 valence electrons. The number of likely N-dealkylation sites (tertiary alicyclic amines) is 1. The van der Waals surface area contributed by atoms with Crippen LogP contribution in [0.5, 0.6) is 0 Å². The smallest absolute Gasteiger partial charge is 0.237 e. The molecular formula is C15H31N3O. The molecule has 0 spiro atoms. The van der Waals surface area contributed by atoms with Gasteiger partial charge in [0.05, 0.1) is 6.04 Å². The van der Waals surface area contributed by atoms with Gasteiger partial charge in [0.15, 0.2) is 0 Å². The number of nitrogens with one attached hydrogen (secondary N) is 2. The maximum Gasteiger partial charge on any atom is 0.237 e. The summed E-state index contributed by atoms with van der Waals surface area (Å²) in [6, 6.07) is 0.271. The van der Waals surface area contributed by atoms with Gasteiger partial charge < -0.3 is 10.6 Å². The molecule has 1 saturated heterocycles. The van der Waals surface area contributed by atoms with Crippen molar-refractivity contribution in [2.75, 3.05) is 20.1 Å². The molecule has 0 aliphatic carbocycles. The number of carbonyl (C=O) groups excluding carboxylic acids is 1. The maximum atomic E-state index is 12.2. The van der Waals surface area contributed by atoms with E-state index in [-0.39, 0.29) is 23.5 Å². The fourth-order valence-corrected chi connectivity index (χ4v) is 2.69. The molecule has 1 aliphatic rings. The molecule has 1 amide bonds. The van der Waals surface area contributed by atoms with Crippen LogP contribution >= 0.6 is 0 Å². The Labute approximate surface area is 118 Å². The Bertz CT molecular complexity index is 285. The summed E-state index contributed by atoms with van der Waals surface area (Å²) in [4.78, 5) is 14.5. The van der Waals surface area contributed by atoms with Gasteiger partial charge in [-0.3, -0.25) is 9.69 Å². The van der Waals surface area contributed by atoms with Crippen molar-refractivity contribution in [3.63, 3.8) is 0 Å². The minimum atomic E-state index is -0.0132. The number of piperidine rings is 1. The summed E-state index contributed by atoms with van der Waals surface area (Å²) in [5.74, 6) is 0.175. The summed E-state index contributed by atoms with van der Waals surface area (Å²) in [5, 5.41) is 6.51. The van der Waals surface area contributed by atoms with Crippen molar-refractivity contribution in [3.05, 3.63) is 0 Å². The summed E-state index contributed by atoms with van der Waals surface area (Å²) in [7, 11) is 2.03. The highest BCUT2D eigenvalue weighted by Crippen LogP contribution is 2.22. The largest absolute Gasteiger partial charge is 0.352 e. The molecule has 0 bridgehead atoms. The summed E-state index contributed by atoms with van der Waals surface area (Å²) >= 11 is 0. The first-order valence-corrected chi connectivity index (χ1v) is 7.65. The summed E-state index contributed by atoms with van der Waals surface area (Å²) in [6.45, 7) is 10.5. The molecule has 1 heterocycles. The molecule has 1 aliphatic heterocycles. The Morgan fingerprint density at radius 2 is 1.89 bits per heavy atom. The molecule has 0 radical (unpaired) electrons. The lowest BCUT2D eigenvalue weighted by atomic mass is 9.89. The number of nitrogens with zero attached hydrogens (tertiary/aromatic N) is 1. The van der Waals surface area contributed by atoms with Crippen LogP contribution < -0.4 is 10.6 Å². The van der Waals surface area contributed by atoms with Crippen LogP contribution in [0.1, 0.15) is 53.4 Å². The van der Waals surface area contributed by atoms with Gasteiger partial charge in [-0.05, 0) is 47.1 Å². The molecule has 2 N–H and O–H groups in total. The van der Waals surface area contributed by atoms with Crippen LogP contribution in [-0.4, -0.2) is 48.6 Å². The van der Waals surface area contributed by atoms with Gasteiger partial charge in [0, 0.05) is 24.7 Å². The molecule has 0 saturated carbocycles. The molecule has 1 fully saturated rings. The fraction of sp³-hybridized carbons (Fsp3) is 0.933. The Kier molecular flexibility index (Phi) is 6.27. The van der Waals surface area contributed by atoms with E-state index in [2.05, 4.69) is 36.3 Å². The normalized spacial score (nSPS) is 22.8. The SMILES string of the molecule is CCCC(C)NC(=O)C(C)N1CCC(C)(NC)CC1. The van der Waals surface area contributed by atoms with Gasteiger partial charge in [-0.1, -0.05) is 13.3 Å². The topological polar surface area (TPSA) is 44.4 Å². The minimum absolute atomic E-state index is 0.0132. The average Bonchev–Trinajstić information content (AvgIpc) is 2.39. The molecule has 0 aromatic heterocycles. The van der Waals surface area contributed by atoms with Crippen LogP contribution in [-0.2, 0) is 4.79 Å². The van der Waals surface area contributed by atoms with Crippen molar-refractivity contribution >= 4 is 5.91 Å². The monoisotopic (exact) mass is 269 g/mol. The highest BCUT2D eigenvalue weighted by Gasteiger charge is 2.32. The average molecular weight is 269 g/mol. The molecule has 4 nitrogen and oxygen atoms in total. The van der Waals surface area contributed by atoms with Gasteiger partial charge in [-0.25, -0.2) is 0 Å². The van der Waals surface area contributed by atoms with E-state index in [1.54, 1.807) is 0 Å². The van der Waals surface area contributed by atoms with E-state index < -0.39 is 0 Å². The first kappa shape index (κ1) is 16.4. The zero-order chi connectivity index (χ0) is 14.5. The van der Waals surface area contributed by atoms with E-state index in [1.165, 1.54) is 0 Å². The zero-order valence-electron chi connectivity index (χ0n) is 13.3. The van der Waals surface area contributed by atoms with Gasteiger partial charge in [0.1, 0.15) is 0 Å². The lowest BCUT2D eigenvalue weighted by molar-refractivity contribution is -0.127. The molecule has 19 heavy (non-hydrogen) atoms. The van der Waals surface area contributed by atoms with E-state index in [0.29, 0.717) is 0 Å². The first-order valence-electron chi connectivity index (χ1n) is 7.65. The third-order valence-electron chi connectivity index (χ3n) is 4.54. The van der Waals surface area contributed by atoms with Crippen LogP contribution in [0, 0.1) is 0 Å². The molecule has 1 rings (SSSR count). The number of hydrogen-bond donors (Lipinski definition) is 2. The van der Waals surface area contributed by atoms with Crippen LogP contribution in [0.25, 0.3) is 0 Å². The molecule has 2 atom stereocenters. The third-order valence-corrected chi connectivity index (χ3v) is 4.54. The molecular weight excluding hydrogens is 238 g/mol. The van der Waals surface area contributed by atoms with Gasteiger partial charge in [0.2, 0.25) is 5.91 Å². The Hall–Kier alpha value is -0.610. The lowest BCUT2D eigenvalue weighted by Gasteiger charge is -2.41. The van der Waals surface area contributed by atoms with Gasteiger partial charge >= 0.3 is 0 Å². The Morgan fingerprint density at radius 1 is 1.32 bits per heavy atom. The van der Waals surface area contributed by atoms with Gasteiger partial charge in [0.25, 0.3) is 0 Å². The highest BCUT2D eigenvalue weighted by atomic mass is 16.2. The van der Waals surface area contributed by atoms with E-state index >= 15 is 0 Å². The Balaban J connectivity index is 2.42. The fourth-order valence-electron chi connectivity index (χ4n) is 2.69. The van der Waals surface area contributed by atoms with Crippen molar-refractivity contribution < 1.29 is 4.79 Å². The summed E-state index contributed by atoms with van der Waals surface area (Å²) in [6.07, 6.45) is 4.37. The number of carbonyl (C=O) groups is 1. The van der Waals surface area contributed by atoms with E-state index in [0.717, 1.165) is 38.8 Å². The van der Waals surface area contributed by atoms with Crippen LogP contribution in [0.15, 0.2) is 0 Å². The van der Waals surface area contributed by atoms with Crippen molar-refractivity contribution in [2.45, 2.75) is 71.0 Å². The number of hydrogen-bond acceptors (Lipinski definition) is 3. The molecule has 2 unspecified atom stereocenters. The number of amides is 1. The molecule has 0 aromatic carbocycles. The summed E-state index contributed by atoms with van der Waals surface area (Å²) in [5.41, 5.74) is 0.238. The standard InChI is InChI=1S/C15H31N3O/c1-6-7-12(2)17-14(19)13(3)18-10-8-15(4,16-5)9-11-18/h12-13,16H,6-11H2,1-5H3,(H,17,19). The van der Waals surface area contributed by atoms with E-state index in [9.17, 15) is 4.79 Å². The van der Waals surface area contributed by atoms with Crippen LogP contribution in [0.4, 0.5) is 0 Å². The van der Waals surface area contributed by atoms with Crippen molar-refractivity contribution in [2.24, 2.45) is 0 Å². The van der Waals surface area contributed by atoms with Crippen LogP contribution in [0.2, 0.25) is 0 Å². The quantitative estimate of drug-likeness (QED) is 0.772. The molecule has 0 aromatic rings. The van der Waals surface area contributed by atoms with E-state index in [1.807, 2.05) is 14.0 Å². The zero-order valence-corrected chi connectivity index (χ0v) is 13.3. The number of rotatable bonds is 6. The second kappa shape index (κ2) is 7.25. The maximum absolute atomic E-state index is 12.2. The Morgan fingerprint density at radius 3 is 2.37 bits per heavy atom.